The number of aromatic hydroxyl groups is 1. The number of esters is 1. The number of phenols is 1. The van der Waals surface area contributed by atoms with Crippen LogP contribution in [0, 0.1) is 0 Å². The lowest BCUT2D eigenvalue weighted by Crippen LogP contribution is -2.21. The molecule has 0 saturated heterocycles. The lowest BCUT2D eigenvalue weighted by molar-refractivity contribution is -0.135. The summed E-state index contributed by atoms with van der Waals surface area (Å²) in [5.74, 6) is 0.858. The number of hydrogen-bond donors (Lipinski definition) is 1. The number of ether oxygens (including phenoxy) is 5. The first-order valence-electron chi connectivity index (χ1n) is 10.8. The van der Waals surface area contributed by atoms with E-state index in [1.54, 1.807) is 48.5 Å². The van der Waals surface area contributed by atoms with Crippen molar-refractivity contribution in [2.75, 3.05) is 21.3 Å². The molecule has 8 heteroatoms. The molecule has 1 N–H and O–H groups in total. The van der Waals surface area contributed by atoms with E-state index in [0.29, 0.717) is 45.3 Å². The summed E-state index contributed by atoms with van der Waals surface area (Å²) in [5, 5.41) is 10.0. The number of rotatable bonds is 5. The lowest BCUT2D eigenvalue weighted by Gasteiger charge is -2.26. The van der Waals surface area contributed by atoms with Crippen molar-refractivity contribution in [3.63, 3.8) is 0 Å². The van der Waals surface area contributed by atoms with Crippen molar-refractivity contribution >= 4 is 17.8 Å². The molecule has 0 spiro atoms. The van der Waals surface area contributed by atoms with Gasteiger partial charge in [0, 0.05) is 17.0 Å². The van der Waals surface area contributed by atoms with Gasteiger partial charge in [-0.05, 0) is 42.0 Å². The first-order valence-corrected chi connectivity index (χ1v) is 10.8. The predicted molar refractivity (Wildman–Crippen MR) is 126 cm³/mol. The maximum atomic E-state index is 13.3. The number of ketones is 1. The number of allylic oxidation sites excluding steroid dienone is 1. The summed E-state index contributed by atoms with van der Waals surface area (Å²) in [4.78, 5) is 25.7. The normalized spacial score (nSPS) is 17.3. The van der Waals surface area contributed by atoms with Crippen LogP contribution in [-0.4, -0.2) is 38.2 Å². The number of Topliss-reactive ketones (excluding diaryl/α,β-unsaturated/α-hetero) is 1. The third kappa shape index (κ3) is 3.73. The molecular weight excluding hydrogens is 452 g/mol. The molecule has 2 heterocycles. The molecule has 0 amide bonds. The van der Waals surface area contributed by atoms with Crippen LogP contribution in [0.25, 0.3) is 6.08 Å². The van der Waals surface area contributed by atoms with Crippen molar-refractivity contribution in [1.29, 1.82) is 0 Å². The Labute approximate surface area is 201 Å². The Morgan fingerprint density at radius 1 is 0.943 bits per heavy atom. The summed E-state index contributed by atoms with van der Waals surface area (Å²) in [5.41, 5.74) is 2.28. The van der Waals surface area contributed by atoms with Gasteiger partial charge in [-0.2, -0.15) is 0 Å². The molecule has 3 aromatic rings. The monoisotopic (exact) mass is 474 g/mol. The highest BCUT2D eigenvalue weighted by Crippen LogP contribution is 2.50. The summed E-state index contributed by atoms with van der Waals surface area (Å²) >= 11 is 0. The summed E-state index contributed by atoms with van der Waals surface area (Å²) < 4.78 is 27.6. The topological polar surface area (TPSA) is 101 Å². The molecule has 1 atom stereocenters. The van der Waals surface area contributed by atoms with E-state index in [1.165, 1.54) is 27.4 Å². The predicted octanol–water partition coefficient (Wildman–Crippen LogP) is 4.48. The van der Waals surface area contributed by atoms with Gasteiger partial charge in [0.2, 0.25) is 5.78 Å². The van der Waals surface area contributed by atoms with E-state index in [1.807, 2.05) is 0 Å². The minimum absolute atomic E-state index is 0.0166. The fourth-order valence-corrected chi connectivity index (χ4v) is 4.47. The van der Waals surface area contributed by atoms with Crippen LogP contribution in [0.5, 0.6) is 34.5 Å². The first kappa shape index (κ1) is 22.3. The lowest BCUT2D eigenvalue weighted by atomic mass is 9.84. The molecule has 2 aliphatic heterocycles. The molecule has 8 nitrogen and oxygen atoms in total. The molecule has 0 radical (unpaired) electrons. The molecule has 0 bridgehead atoms. The van der Waals surface area contributed by atoms with Crippen LogP contribution >= 0.6 is 0 Å². The Balaban J connectivity index is 1.61. The summed E-state index contributed by atoms with van der Waals surface area (Å²) in [6.45, 7) is 0. The maximum absolute atomic E-state index is 13.3. The highest BCUT2D eigenvalue weighted by molar-refractivity contribution is 6.15. The second-order valence-corrected chi connectivity index (χ2v) is 8.04. The van der Waals surface area contributed by atoms with E-state index in [4.69, 9.17) is 23.7 Å². The summed E-state index contributed by atoms with van der Waals surface area (Å²) in [6, 6.07) is 13.4. The molecule has 1 unspecified atom stereocenters. The Kier molecular flexibility index (Phi) is 5.56. The Bertz CT molecular complexity index is 1390. The van der Waals surface area contributed by atoms with Gasteiger partial charge in [0.25, 0.3) is 0 Å². The van der Waals surface area contributed by atoms with Gasteiger partial charge in [-0.3, -0.25) is 9.59 Å². The van der Waals surface area contributed by atoms with Gasteiger partial charge in [-0.25, -0.2) is 0 Å². The van der Waals surface area contributed by atoms with Gasteiger partial charge >= 0.3 is 5.97 Å². The van der Waals surface area contributed by atoms with Crippen LogP contribution in [-0.2, 0) is 4.79 Å². The SMILES string of the molecule is COc1cc(C2CC(=O)Oc3ccc4c(c32)O/C(=C\c2cccc(OC)c2OC)C4=O)ccc1O. The van der Waals surface area contributed by atoms with E-state index >= 15 is 0 Å². The second-order valence-electron chi connectivity index (χ2n) is 8.04. The quantitative estimate of drug-likeness (QED) is 0.328. The third-order valence-electron chi connectivity index (χ3n) is 6.11. The number of carbonyl (C=O) groups is 2. The van der Waals surface area contributed by atoms with Crippen LogP contribution in [0.1, 0.15) is 39.4 Å². The standard InChI is InChI=1S/C27H22O8/c1-31-20-6-4-5-15(26(20)33-3)12-22-25(30)16-8-10-19-24(27(16)35-22)17(13-23(29)34-19)14-7-9-18(28)21(11-14)32-2/h4-12,17,28H,13H2,1-3H3/b22-12-. The summed E-state index contributed by atoms with van der Waals surface area (Å²) in [7, 11) is 4.51. The first-order chi connectivity index (χ1) is 16.9. The van der Waals surface area contributed by atoms with Gasteiger partial charge in [0.1, 0.15) is 11.5 Å². The summed E-state index contributed by atoms with van der Waals surface area (Å²) in [6.07, 6.45) is 1.64. The molecule has 2 aliphatic rings. The number of phenolic OH excluding ortho intramolecular Hbond substituents is 1. The number of hydrogen-bond acceptors (Lipinski definition) is 8. The zero-order valence-electron chi connectivity index (χ0n) is 19.3. The highest BCUT2D eigenvalue weighted by atomic mass is 16.5. The van der Waals surface area contributed by atoms with Gasteiger partial charge < -0.3 is 28.8 Å². The van der Waals surface area contributed by atoms with Gasteiger partial charge in [0.05, 0.1) is 33.3 Å². The number of carbonyl (C=O) groups excluding carboxylic acids is 2. The van der Waals surface area contributed by atoms with E-state index < -0.39 is 11.9 Å². The zero-order chi connectivity index (χ0) is 24.7. The molecule has 35 heavy (non-hydrogen) atoms. The van der Waals surface area contributed by atoms with Gasteiger partial charge in [-0.1, -0.05) is 18.2 Å². The van der Waals surface area contributed by atoms with E-state index in [9.17, 15) is 14.7 Å². The molecule has 0 aromatic heterocycles. The fourth-order valence-electron chi connectivity index (χ4n) is 4.47. The second kappa shape index (κ2) is 8.72. The number of methoxy groups -OCH3 is 3. The third-order valence-corrected chi connectivity index (χ3v) is 6.11. The Morgan fingerprint density at radius 3 is 2.49 bits per heavy atom. The van der Waals surface area contributed by atoms with Gasteiger partial charge in [0.15, 0.2) is 28.8 Å². The average molecular weight is 474 g/mol. The van der Waals surface area contributed by atoms with Crippen LogP contribution < -0.4 is 23.7 Å². The van der Waals surface area contributed by atoms with Crippen LogP contribution in [0.4, 0.5) is 0 Å². The maximum Gasteiger partial charge on any atom is 0.312 e. The molecule has 3 aromatic carbocycles. The fraction of sp³-hybridized carbons (Fsp3) is 0.185. The average Bonchev–Trinajstić information content (AvgIpc) is 3.18. The molecular formula is C27H22O8. The van der Waals surface area contributed by atoms with E-state index in [2.05, 4.69) is 0 Å². The van der Waals surface area contributed by atoms with Crippen LogP contribution in [0.15, 0.2) is 54.3 Å². The van der Waals surface area contributed by atoms with Crippen molar-refractivity contribution in [2.24, 2.45) is 0 Å². The smallest absolute Gasteiger partial charge is 0.312 e. The highest BCUT2D eigenvalue weighted by Gasteiger charge is 2.38. The van der Waals surface area contributed by atoms with E-state index in [0.717, 1.165) is 0 Å². The van der Waals surface area contributed by atoms with Crippen molar-refractivity contribution < 1.29 is 38.4 Å². The van der Waals surface area contributed by atoms with Crippen LogP contribution in [0.3, 0.4) is 0 Å². The van der Waals surface area contributed by atoms with Crippen molar-refractivity contribution in [1.82, 2.24) is 0 Å². The van der Waals surface area contributed by atoms with Crippen LogP contribution in [0.2, 0.25) is 0 Å². The van der Waals surface area contributed by atoms with Gasteiger partial charge in [-0.15, -0.1) is 0 Å². The largest absolute Gasteiger partial charge is 0.504 e. The molecule has 5 rings (SSSR count). The minimum Gasteiger partial charge on any atom is -0.504 e. The van der Waals surface area contributed by atoms with E-state index in [-0.39, 0.29) is 29.5 Å². The van der Waals surface area contributed by atoms with Crippen molar-refractivity contribution in [3.05, 3.63) is 76.5 Å². The number of para-hydroxylation sites is 1. The van der Waals surface area contributed by atoms with Crippen molar-refractivity contribution in [3.8, 4) is 34.5 Å². The molecule has 178 valence electrons. The molecule has 0 fully saturated rings. The zero-order valence-corrected chi connectivity index (χ0v) is 19.3. The Morgan fingerprint density at radius 2 is 1.74 bits per heavy atom. The molecule has 0 aliphatic carbocycles. The molecule has 0 saturated carbocycles. The number of benzene rings is 3. The Hall–Kier alpha value is -4.46. The minimum atomic E-state index is -0.464. The van der Waals surface area contributed by atoms with Crippen molar-refractivity contribution in [2.45, 2.75) is 12.3 Å². The number of fused-ring (bicyclic) bond motifs is 3.